The molecular weight excluding hydrogens is 326 g/mol. The van der Waals surface area contributed by atoms with Gasteiger partial charge in [-0.3, -0.25) is 9.59 Å². The molecular formula is C21H27N3O2. The molecule has 3 rings (SSSR count). The molecule has 2 aromatic rings. The molecule has 1 aromatic heterocycles. The summed E-state index contributed by atoms with van der Waals surface area (Å²) in [6.07, 6.45) is 2.55. The minimum absolute atomic E-state index is 0.0333. The third-order valence-electron chi connectivity index (χ3n) is 4.75. The van der Waals surface area contributed by atoms with Crippen molar-refractivity contribution in [1.82, 2.24) is 14.8 Å². The average molecular weight is 353 g/mol. The Morgan fingerprint density at radius 1 is 1.08 bits per heavy atom. The van der Waals surface area contributed by atoms with E-state index in [1.165, 1.54) is 0 Å². The first-order valence-electron chi connectivity index (χ1n) is 9.32. The van der Waals surface area contributed by atoms with Gasteiger partial charge in [-0.25, -0.2) is 0 Å². The van der Waals surface area contributed by atoms with Crippen LogP contribution in [0.15, 0.2) is 48.7 Å². The predicted octanol–water partition coefficient (Wildman–Crippen LogP) is 2.97. The number of benzene rings is 1. The zero-order valence-electron chi connectivity index (χ0n) is 15.5. The second-order valence-electron chi connectivity index (χ2n) is 7.22. The van der Waals surface area contributed by atoms with Crippen LogP contribution in [0.3, 0.4) is 0 Å². The molecule has 5 nitrogen and oxygen atoms in total. The molecule has 0 spiro atoms. The van der Waals surface area contributed by atoms with Gasteiger partial charge in [-0.1, -0.05) is 44.2 Å². The molecule has 0 radical (unpaired) electrons. The van der Waals surface area contributed by atoms with Crippen molar-refractivity contribution in [3.05, 3.63) is 59.9 Å². The van der Waals surface area contributed by atoms with Crippen LogP contribution in [0.25, 0.3) is 0 Å². The maximum absolute atomic E-state index is 12.9. The standard InChI is InChI=1S/C21H27N3O2/c1-16(2)15-22-19(25)10-11-20(26)24-14-13-23-12-6-9-18(23)21(24)17-7-4-3-5-8-17/h3-9,12,16,21H,10-11,13-15H2,1-2H3,(H,22,25). The van der Waals surface area contributed by atoms with Gasteiger partial charge in [0.05, 0.1) is 6.04 Å². The fourth-order valence-electron chi connectivity index (χ4n) is 3.41. The van der Waals surface area contributed by atoms with Gasteiger partial charge in [-0.2, -0.15) is 0 Å². The van der Waals surface area contributed by atoms with Gasteiger partial charge in [0.2, 0.25) is 11.8 Å². The van der Waals surface area contributed by atoms with E-state index in [0.29, 0.717) is 19.0 Å². The molecule has 1 atom stereocenters. The summed E-state index contributed by atoms with van der Waals surface area (Å²) in [4.78, 5) is 26.8. The summed E-state index contributed by atoms with van der Waals surface area (Å²) in [5, 5.41) is 2.88. The SMILES string of the molecule is CC(C)CNC(=O)CCC(=O)N1CCn2cccc2C1c1ccccc1. The van der Waals surface area contributed by atoms with E-state index in [4.69, 9.17) is 0 Å². The first-order chi connectivity index (χ1) is 12.6. The monoisotopic (exact) mass is 353 g/mol. The van der Waals surface area contributed by atoms with Gasteiger partial charge in [0, 0.05) is 44.4 Å². The highest BCUT2D eigenvalue weighted by Crippen LogP contribution is 2.32. The Hall–Kier alpha value is -2.56. The Labute approximate surface area is 155 Å². The van der Waals surface area contributed by atoms with Gasteiger partial charge in [-0.05, 0) is 23.6 Å². The van der Waals surface area contributed by atoms with Gasteiger partial charge >= 0.3 is 0 Å². The number of nitrogens with zero attached hydrogens (tertiary/aromatic N) is 2. The molecule has 0 saturated heterocycles. The highest BCUT2D eigenvalue weighted by molar-refractivity contribution is 5.84. The van der Waals surface area contributed by atoms with Crippen LogP contribution in [0.4, 0.5) is 0 Å². The molecule has 1 aromatic carbocycles. The zero-order chi connectivity index (χ0) is 18.5. The number of nitrogens with one attached hydrogen (secondary N) is 1. The van der Waals surface area contributed by atoms with Crippen molar-refractivity contribution in [2.75, 3.05) is 13.1 Å². The van der Waals surface area contributed by atoms with Crippen molar-refractivity contribution in [2.24, 2.45) is 5.92 Å². The summed E-state index contributed by atoms with van der Waals surface area (Å²) in [6.45, 7) is 6.21. The topological polar surface area (TPSA) is 54.3 Å². The Balaban J connectivity index is 1.71. The van der Waals surface area contributed by atoms with Crippen LogP contribution in [0.2, 0.25) is 0 Å². The van der Waals surface area contributed by atoms with Crippen LogP contribution in [0.1, 0.15) is 44.0 Å². The van der Waals surface area contributed by atoms with Crippen molar-refractivity contribution < 1.29 is 9.59 Å². The lowest BCUT2D eigenvalue weighted by molar-refractivity contribution is -0.136. The maximum Gasteiger partial charge on any atom is 0.223 e. The average Bonchev–Trinajstić information content (AvgIpc) is 3.13. The van der Waals surface area contributed by atoms with E-state index in [1.54, 1.807) is 0 Å². The quantitative estimate of drug-likeness (QED) is 0.868. The Morgan fingerprint density at radius 3 is 2.58 bits per heavy atom. The molecule has 26 heavy (non-hydrogen) atoms. The number of carbonyl (C=O) groups excluding carboxylic acids is 2. The third-order valence-corrected chi connectivity index (χ3v) is 4.75. The molecule has 1 aliphatic heterocycles. The summed E-state index contributed by atoms with van der Waals surface area (Å²) in [6, 6.07) is 14.1. The van der Waals surface area contributed by atoms with E-state index in [0.717, 1.165) is 17.8 Å². The molecule has 1 unspecified atom stereocenters. The minimum atomic E-state index is -0.0915. The second kappa shape index (κ2) is 8.21. The molecule has 2 amide bonds. The number of amides is 2. The summed E-state index contributed by atoms with van der Waals surface area (Å²) in [7, 11) is 0. The molecule has 0 saturated carbocycles. The molecule has 0 fully saturated rings. The van der Waals surface area contributed by atoms with E-state index in [-0.39, 0.29) is 30.7 Å². The maximum atomic E-state index is 12.9. The molecule has 5 heteroatoms. The molecule has 0 aliphatic carbocycles. The highest BCUT2D eigenvalue weighted by Gasteiger charge is 2.31. The van der Waals surface area contributed by atoms with Gasteiger partial charge < -0.3 is 14.8 Å². The molecule has 1 aliphatic rings. The first kappa shape index (κ1) is 18.2. The zero-order valence-corrected chi connectivity index (χ0v) is 15.5. The van der Waals surface area contributed by atoms with Crippen LogP contribution in [0, 0.1) is 5.92 Å². The van der Waals surface area contributed by atoms with Gasteiger partial charge in [0.15, 0.2) is 0 Å². The van der Waals surface area contributed by atoms with E-state index in [9.17, 15) is 9.59 Å². The highest BCUT2D eigenvalue weighted by atomic mass is 16.2. The van der Waals surface area contributed by atoms with Gasteiger partial charge in [0.25, 0.3) is 0 Å². The molecule has 2 heterocycles. The molecule has 138 valence electrons. The van der Waals surface area contributed by atoms with Crippen LogP contribution in [-0.4, -0.2) is 34.4 Å². The van der Waals surface area contributed by atoms with E-state index < -0.39 is 0 Å². The van der Waals surface area contributed by atoms with Crippen LogP contribution >= 0.6 is 0 Å². The van der Waals surface area contributed by atoms with E-state index in [1.807, 2.05) is 29.2 Å². The lowest BCUT2D eigenvalue weighted by Crippen LogP contribution is -2.42. The van der Waals surface area contributed by atoms with Crippen molar-refractivity contribution in [2.45, 2.75) is 39.3 Å². The smallest absolute Gasteiger partial charge is 0.223 e. The van der Waals surface area contributed by atoms with Crippen molar-refractivity contribution >= 4 is 11.8 Å². The van der Waals surface area contributed by atoms with E-state index in [2.05, 4.69) is 48.1 Å². The van der Waals surface area contributed by atoms with Crippen molar-refractivity contribution in [1.29, 1.82) is 0 Å². The van der Waals surface area contributed by atoms with Gasteiger partial charge in [0.1, 0.15) is 0 Å². The lowest BCUT2D eigenvalue weighted by Gasteiger charge is -2.37. The summed E-state index contributed by atoms with van der Waals surface area (Å²) >= 11 is 0. The third kappa shape index (κ3) is 4.15. The Morgan fingerprint density at radius 2 is 1.85 bits per heavy atom. The summed E-state index contributed by atoms with van der Waals surface area (Å²) < 4.78 is 2.21. The minimum Gasteiger partial charge on any atom is -0.356 e. The normalized spacial score (nSPS) is 16.4. The van der Waals surface area contributed by atoms with Crippen LogP contribution in [-0.2, 0) is 16.1 Å². The number of fused-ring (bicyclic) bond motifs is 1. The summed E-state index contributed by atoms with van der Waals surface area (Å²) in [5.41, 5.74) is 2.23. The Kier molecular flexibility index (Phi) is 5.76. The first-order valence-corrected chi connectivity index (χ1v) is 9.32. The number of aromatic nitrogens is 1. The number of rotatable bonds is 6. The number of carbonyl (C=O) groups is 2. The Bertz CT molecular complexity index is 752. The summed E-state index contributed by atoms with van der Waals surface area (Å²) in [5.74, 6) is 0.390. The van der Waals surface area contributed by atoms with E-state index >= 15 is 0 Å². The number of hydrogen-bond donors (Lipinski definition) is 1. The second-order valence-corrected chi connectivity index (χ2v) is 7.22. The fraction of sp³-hybridized carbons (Fsp3) is 0.429. The molecule has 0 bridgehead atoms. The predicted molar refractivity (Wildman–Crippen MR) is 102 cm³/mol. The fourth-order valence-corrected chi connectivity index (χ4v) is 3.41. The van der Waals surface area contributed by atoms with Crippen LogP contribution < -0.4 is 5.32 Å². The van der Waals surface area contributed by atoms with Crippen LogP contribution in [0.5, 0.6) is 0 Å². The van der Waals surface area contributed by atoms with Crippen molar-refractivity contribution in [3.63, 3.8) is 0 Å². The largest absolute Gasteiger partial charge is 0.356 e. The van der Waals surface area contributed by atoms with Crippen molar-refractivity contribution in [3.8, 4) is 0 Å². The lowest BCUT2D eigenvalue weighted by atomic mass is 9.99. The number of hydrogen-bond acceptors (Lipinski definition) is 2. The molecule has 1 N–H and O–H groups in total. The van der Waals surface area contributed by atoms with Gasteiger partial charge in [-0.15, -0.1) is 0 Å².